The highest BCUT2D eigenvalue weighted by atomic mass is 79.9. The molecule has 1 aromatic carbocycles. The maximum absolute atomic E-state index is 6.48. The largest absolute Gasteiger partial charge is 0.397 e. The molecule has 2 aromatic heterocycles. The van der Waals surface area contributed by atoms with Gasteiger partial charge in [0.1, 0.15) is 10.7 Å². The molecular weight excluding hydrogens is 372 g/mol. The molecule has 3 aromatic rings. The number of rotatable bonds is 2. The Hall–Kier alpha value is -1.92. The fourth-order valence-corrected chi connectivity index (χ4v) is 4.24. The van der Waals surface area contributed by atoms with E-state index in [-0.39, 0.29) is 0 Å². The van der Waals surface area contributed by atoms with Crippen molar-refractivity contribution in [2.45, 2.75) is 6.92 Å². The lowest BCUT2D eigenvalue weighted by molar-refractivity contribution is 0.961. The zero-order valence-corrected chi connectivity index (χ0v) is 15.0. The van der Waals surface area contributed by atoms with Gasteiger partial charge in [0.25, 0.3) is 0 Å². The summed E-state index contributed by atoms with van der Waals surface area (Å²) in [5.41, 5.74) is 10.5. The number of benzene rings is 1. The Labute approximate surface area is 146 Å². The molecule has 3 heterocycles. The van der Waals surface area contributed by atoms with Crippen molar-refractivity contribution >= 4 is 49.0 Å². The van der Waals surface area contributed by atoms with Crippen LogP contribution >= 0.6 is 27.3 Å². The molecule has 0 saturated carbocycles. The third-order valence-electron chi connectivity index (χ3n) is 3.87. The van der Waals surface area contributed by atoms with E-state index in [1.54, 1.807) is 11.3 Å². The zero-order chi connectivity index (χ0) is 16.0. The van der Waals surface area contributed by atoms with Gasteiger partial charge in [0.2, 0.25) is 0 Å². The molecule has 0 saturated heterocycles. The first-order valence-corrected chi connectivity index (χ1v) is 8.98. The number of halogens is 1. The minimum Gasteiger partial charge on any atom is -0.397 e. The number of amidine groups is 1. The lowest BCUT2D eigenvalue weighted by atomic mass is 10.0. The molecule has 0 aliphatic carbocycles. The molecule has 0 amide bonds. The van der Waals surface area contributed by atoms with Gasteiger partial charge in [-0.25, -0.2) is 4.98 Å². The maximum Gasteiger partial charge on any atom is 0.140 e. The van der Waals surface area contributed by atoms with Gasteiger partial charge in [-0.15, -0.1) is 11.3 Å². The lowest BCUT2D eigenvalue weighted by Gasteiger charge is -2.07. The van der Waals surface area contributed by atoms with E-state index in [0.717, 1.165) is 61.0 Å². The smallest absolute Gasteiger partial charge is 0.140 e. The topological polar surface area (TPSA) is 63.3 Å². The first-order valence-electron chi connectivity index (χ1n) is 7.38. The highest BCUT2D eigenvalue weighted by Gasteiger charge is 2.20. The Bertz CT molecular complexity index is 928. The third kappa shape index (κ3) is 2.52. The van der Waals surface area contributed by atoms with E-state index >= 15 is 0 Å². The molecule has 4 rings (SSSR count). The van der Waals surface area contributed by atoms with Gasteiger partial charge in [-0.05, 0) is 36.2 Å². The van der Waals surface area contributed by atoms with Crippen LogP contribution < -0.4 is 11.1 Å². The summed E-state index contributed by atoms with van der Waals surface area (Å²) in [4.78, 5) is 11.1. The summed E-state index contributed by atoms with van der Waals surface area (Å²) in [7, 11) is 0. The van der Waals surface area contributed by atoms with Crippen LogP contribution in [0.15, 0.2) is 39.8 Å². The second-order valence-electron chi connectivity index (χ2n) is 5.50. The summed E-state index contributed by atoms with van der Waals surface area (Å²) in [6, 6.07) is 10.4. The Morgan fingerprint density at radius 1 is 1.26 bits per heavy atom. The van der Waals surface area contributed by atoms with Crippen molar-refractivity contribution in [1.29, 1.82) is 0 Å². The van der Waals surface area contributed by atoms with Gasteiger partial charge in [-0.3, -0.25) is 4.99 Å². The Morgan fingerprint density at radius 3 is 2.74 bits per heavy atom. The molecule has 0 unspecified atom stereocenters. The monoisotopic (exact) mass is 386 g/mol. The van der Waals surface area contributed by atoms with Crippen LogP contribution in [0.3, 0.4) is 0 Å². The molecule has 0 atom stereocenters. The van der Waals surface area contributed by atoms with Crippen LogP contribution in [0, 0.1) is 6.92 Å². The summed E-state index contributed by atoms with van der Waals surface area (Å²) in [5, 5.41) is 4.32. The lowest BCUT2D eigenvalue weighted by Crippen LogP contribution is -2.19. The maximum atomic E-state index is 6.48. The Morgan fingerprint density at radius 2 is 2.04 bits per heavy atom. The molecule has 0 bridgehead atoms. The minimum absolute atomic E-state index is 0.767. The standard InChI is InChI=1S/C17H15BrN4S/c1-9-8-12(10-2-4-11(18)5-3-10)13-14(19)15(23-17(13)22-9)16-20-6-7-21-16/h2-5,8H,6-7,19H2,1H3,(H,20,21). The number of pyridine rings is 1. The number of nitrogen functional groups attached to an aromatic ring is 1. The molecule has 4 nitrogen and oxygen atoms in total. The molecule has 0 spiro atoms. The van der Waals surface area contributed by atoms with Crippen LogP contribution in [0.5, 0.6) is 0 Å². The van der Waals surface area contributed by atoms with Crippen LogP contribution in [0.4, 0.5) is 5.69 Å². The fourth-order valence-electron chi connectivity index (χ4n) is 2.83. The Kier molecular flexibility index (Phi) is 3.58. The molecule has 1 aliphatic heterocycles. The average molecular weight is 387 g/mol. The van der Waals surface area contributed by atoms with Crippen molar-refractivity contribution < 1.29 is 0 Å². The minimum atomic E-state index is 0.767. The van der Waals surface area contributed by atoms with Crippen LogP contribution in [0.25, 0.3) is 21.3 Å². The van der Waals surface area contributed by atoms with Crippen molar-refractivity contribution in [3.8, 4) is 11.1 Å². The predicted octanol–water partition coefficient (Wildman–Crippen LogP) is 3.97. The molecular formula is C17H15BrN4S. The number of nitrogens with zero attached hydrogens (tertiary/aromatic N) is 2. The summed E-state index contributed by atoms with van der Waals surface area (Å²) >= 11 is 5.10. The van der Waals surface area contributed by atoms with Crippen LogP contribution in [0.2, 0.25) is 0 Å². The second kappa shape index (κ2) is 5.62. The predicted molar refractivity (Wildman–Crippen MR) is 101 cm³/mol. The van der Waals surface area contributed by atoms with Gasteiger partial charge in [-0.1, -0.05) is 28.1 Å². The normalized spacial score (nSPS) is 14.1. The van der Waals surface area contributed by atoms with Crippen LogP contribution in [-0.4, -0.2) is 23.9 Å². The van der Waals surface area contributed by atoms with Crippen molar-refractivity contribution in [3.63, 3.8) is 0 Å². The van der Waals surface area contributed by atoms with E-state index in [1.165, 1.54) is 0 Å². The SMILES string of the molecule is Cc1cc(-c2ccc(Br)cc2)c2c(N)c(C3=NCCN3)sc2n1. The number of aryl methyl sites for hydroxylation is 1. The van der Waals surface area contributed by atoms with E-state index in [4.69, 9.17) is 5.73 Å². The fraction of sp³-hybridized carbons (Fsp3) is 0.176. The molecule has 23 heavy (non-hydrogen) atoms. The molecule has 3 N–H and O–H groups in total. The summed E-state index contributed by atoms with van der Waals surface area (Å²) in [6.07, 6.45) is 0. The quantitative estimate of drug-likeness (QED) is 0.700. The van der Waals surface area contributed by atoms with Crippen LogP contribution in [0.1, 0.15) is 10.6 Å². The number of nitrogens with one attached hydrogen (secondary N) is 1. The van der Waals surface area contributed by atoms with Crippen molar-refractivity contribution in [3.05, 3.63) is 45.4 Å². The van der Waals surface area contributed by atoms with Crippen LogP contribution in [-0.2, 0) is 0 Å². The number of hydrogen-bond donors (Lipinski definition) is 2. The first kappa shape index (κ1) is 14.7. The summed E-state index contributed by atoms with van der Waals surface area (Å²) < 4.78 is 1.06. The van der Waals surface area contributed by atoms with Crippen molar-refractivity contribution in [2.24, 2.45) is 4.99 Å². The highest BCUT2D eigenvalue weighted by Crippen LogP contribution is 2.40. The number of fused-ring (bicyclic) bond motifs is 1. The summed E-state index contributed by atoms with van der Waals surface area (Å²) in [5.74, 6) is 0.893. The number of thiophene rings is 1. The third-order valence-corrected chi connectivity index (χ3v) is 5.51. The zero-order valence-electron chi connectivity index (χ0n) is 12.6. The highest BCUT2D eigenvalue weighted by molar-refractivity contribution is 9.10. The Balaban J connectivity index is 1.98. The molecule has 0 radical (unpaired) electrons. The van der Waals surface area contributed by atoms with E-state index in [1.807, 2.05) is 19.1 Å². The number of hydrogen-bond acceptors (Lipinski definition) is 5. The number of aromatic nitrogens is 1. The van der Waals surface area contributed by atoms with E-state index in [9.17, 15) is 0 Å². The van der Waals surface area contributed by atoms with Crippen molar-refractivity contribution in [2.75, 3.05) is 18.8 Å². The van der Waals surface area contributed by atoms with E-state index in [2.05, 4.69) is 49.4 Å². The molecule has 6 heteroatoms. The number of nitrogens with two attached hydrogens (primary N) is 1. The molecule has 1 aliphatic rings. The number of aliphatic imine (C=N–C) groups is 1. The first-order chi connectivity index (χ1) is 11.1. The average Bonchev–Trinajstić information content (AvgIpc) is 3.15. The van der Waals surface area contributed by atoms with E-state index in [0.29, 0.717) is 0 Å². The molecule has 0 fully saturated rings. The summed E-state index contributed by atoms with van der Waals surface area (Å²) in [6.45, 7) is 3.69. The second-order valence-corrected chi connectivity index (χ2v) is 7.41. The van der Waals surface area contributed by atoms with Gasteiger partial charge in [0.15, 0.2) is 0 Å². The molecule has 116 valence electrons. The van der Waals surface area contributed by atoms with Gasteiger partial charge in [0.05, 0.1) is 17.1 Å². The van der Waals surface area contributed by atoms with Crippen molar-refractivity contribution in [1.82, 2.24) is 10.3 Å². The van der Waals surface area contributed by atoms with Gasteiger partial charge in [0, 0.05) is 22.1 Å². The van der Waals surface area contributed by atoms with Gasteiger partial charge < -0.3 is 11.1 Å². The van der Waals surface area contributed by atoms with Gasteiger partial charge in [-0.2, -0.15) is 0 Å². The van der Waals surface area contributed by atoms with Gasteiger partial charge >= 0.3 is 0 Å². The van der Waals surface area contributed by atoms with E-state index < -0.39 is 0 Å². The number of anilines is 1.